The van der Waals surface area contributed by atoms with Crippen LogP contribution in [0, 0.1) is 5.92 Å². The minimum Gasteiger partial charge on any atom is -0.497 e. The van der Waals surface area contributed by atoms with Gasteiger partial charge >= 0.3 is 0 Å². The fraction of sp³-hybridized carbons (Fsp3) is 0.304. The molecule has 1 fully saturated rings. The van der Waals surface area contributed by atoms with Crippen LogP contribution in [0.3, 0.4) is 0 Å². The van der Waals surface area contributed by atoms with Gasteiger partial charge in [-0.2, -0.15) is 5.10 Å². The number of carbonyl (C=O) groups excluding carboxylic acids is 1. The lowest BCUT2D eigenvalue weighted by Crippen LogP contribution is -2.40. The molecule has 1 aliphatic heterocycles. The summed E-state index contributed by atoms with van der Waals surface area (Å²) in [6.07, 6.45) is 3.70. The van der Waals surface area contributed by atoms with Gasteiger partial charge in [0.25, 0.3) is 0 Å². The zero-order valence-corrected chi connectivity index (χ0v) is 16.6. The van der Waals surface area contributed by atoms with Crippen molar-refractivity contribution < 1.29 is 9.53 Å². The van der Waals surface area contributed by atoms with E-state index in [2.05, 4.69) is 20.4 Å². The largest absolute Gasteiger partial charge is 0.497 e. The number of amides is 1. The highest BCUT2D eigenvalue weighted by molar-refractivity contribution is 5.97. The number of hydrogen-bond donors (Lipinski definition) is 2. The molecule has 6 heteroatoms. The Hall–Kier alpha value is -3.12. The van der Waals surface area contributed by atoms with E-state index in [0.717, 1.165) is 60.7 Å². The molecular formula is C23H26N4O2. The average molecular weight is 390 g/mol. The molecule has 2 aromatic carbocycles. The number of likely N-dealkylation sites (tertiary alicyclic amines) is 1. The summed E-state index contributed by atoms with van der Waals surface area (Å²) in [5.41, 5.74) is 3.98. The van der Waals surface area contributed by atoms with E-state index in [1.165, 1.54) is 0 Å². The second-order valence-corrected chi connectivity index (χ2v) is 7.42. The molecule has 1 saturated heterocycles. The van der Waals surface area contributed by atoms with E-state index in [1.54, 1.807) is 13.3 Å². The lowest BCUT2D eigenvalue weighted by atomic mass is 9.96. The number of aromatic amines is 1. The van der Waals surface area contributed by atoms with Gasteiger partial charge in [-0.3, -0.25) is 14.8 Å². The first kappa shape index (κ1) is 19.2. The summed E-state index contributed by atoms with van der Waals surface area (Å²) >= 11 is 0. The van der Waals surface area contributed by atoms with Crippen molar-refractivity contribution in [2.75, 3.05) is 25.5 Å². The number of ether oxygens (including phenoxy) is 1. The molecule has 1 aromatic heterocycles. The molecule has 1 atom stereocenters. The Kier molecular flexibility index (Phi) is 5.91. The van der Waals surface area contributed by atoms with E-state index in [1.807, 2.05) is 54.6 Å². The molecule has 3 aromatic rings. The van der Waals surface area contributed by atoms with Gasteiger partial charge in [0.2, 0.25) is 5.91 Å². The SMILES string of the molecule is COc1ccc(-c2ccccc2NC(=O)[C@H]2CCCN(Cc3ccn[nH]3)C2)cc1. The molecule has 29 heavy (non-hydrogen) atoms. The van der Waals surface area contributed by atoms with Crippen molar-refractivity contribution in [2.24, 2.45) is 5.92 Å². The number of nitrogens with zero attached hydrogens (tertiary/aromatic N) is 2. The van der Waals surface area contributed by atoms with Crippen LogP contribution in [0.2, 0.25) is 0 Å². The number of nitrogens with one attached hydrogen (secondary N) is 2. The fourth-order valence-electron chi connectivity index (χ4n) is 3.88. The summed E-state index contributed by atoms with van der Waals surface area (Å²) in [4.78, 5) is 15.3. The number of H-pyrrole nitrogens is 1. The number of hydrogen-bond acceptors (Lipinski definition) is 4. The molecule has 0 radical (unpaired) electrons. The molecule has 2 heterocycles. The van der Waals surface area contributed by atoms with Gasteiger partial charge in [0, 0.05) is 36.2 Å². The van der Waals surface area contributed by atoms with E-state index in [4.69, 9.17) is 4.74 Å². The number of anilines is 1. The van der Waals surface area contributed by atoms with Crippen molar-refractivity contribution in [3.05, 3.63) is 66.5 Å². The number of carbonyl (C=O) groups is 1. The molecule has 4 rings (SSSR count). The van der Waals surface area contributed by atoms with Crippen LogP contribution in [0.1, 0.15) is 18.5 Å². The molecule has 0 bridgehead atoms. The highest BCUT2D eigenvalue weighted by atomic mass is 16.5. The van der Waals surface area contributed by atoms with Crippen molar-refractivity contribution in [3.8, 4) is 16.9 Å². The van der Waals surface area contributed by atoms with Crippen molar-refractivity contribution in [1.82, 2.24) is 15.1 Å². The zero-order chi connectivity index (χ0) is 20.1. The summed E-state index contributed by atoms with van der Waals surface area (Å²) in [5, 5.41) is 10.2. The van der Waals surface area contributed by atoms with E-state index >= 15 is 0 Å². The molecule has 1 aliphatic rings. The number of rotatable bonds is 6. The van der Waals surface area contributed by atoms with Gasteiger partial charge in [-0.1, -0.05) is 30.3 Å². The number of aromatic nitrogens is 2. The lowest BCUT2D eigenvalue weighted by Gasteiger charge is -2.31. The van der Waals surface area contributed by atoms with Gasteiger partial charge < -0.3 is 10.1 Å². The highest BCUT2D eigenvalue weighted by Gasteiger charge is 2.26. The maximum Gasteiger partial charge on any atom is 0.228 e. The smallest absolute Gasteiger partial charge is 0.228 e. The second-order valence-electron chi connectivity index (χ2n) is 7.42. The zero-order valence-electron chi connectivity index (χ0n) is 16.6. The summed E-state index contributed by atoms with van der Waals surface area (Å²) in [6.45, 7) is 2.56. The highest BCUT2D eigenvalue weighted by Crippen LogP contribution is 2.30. The average Bonchev–Trinajstić information content (AvgIpc) is 3.27. The lowest BCUT2D eigenvalue weighted by molar-refractivity contribution is -0.121. The fourth-order valence-corrected chi connectivity index (χ4v) is 3.88. The van der Waals surface area contributed by atoms with Gasteiger partial charge in [0.1, 0.15) is 5.75 Å². The first-order valence-electron chi connectivity index (χ1n) is 9.98. The van der Waals surface area contributed by atoms with Crippen LogP contribution in [-0.2, 0) is 11.3 Å². The van der Waals surface area contributed by atoms with Crippen molar-refractivity contribution >= 4 is 11.6 Å². The summed E-state index contributed by atoms with van der Waals surface area (Å²) in [5.74, 6) is 0.880. The van der Waals surface area contributed by atoms with Gasteiger partial charge in [0.15, 0.2) is 0 Å². The van der Waals surface area contributed by atoms with Gasteiger partial charge in [-0.15, -0.1) is 0 Å². The third kappa shape index (κ3) is 4.66. The first-order chi connectivity index (χ1) is 14.2. The van der Waals surface area contributed by atoms with Crippen LogP contribution in [0.4, 0.5) is 5.69 Å². The maximum atomic E-state index is 13.0. The Morgan fingerprint density at radius 1 is 1.21 bits per heavy atom. The van der Waals surface area contributed by atoms with Crippen molar-refractivity contribution in [2.45, 2.75) is 19.4 Å². The number of para-hydroxylation sites is 1. The second kappa shape index (κ2) is 8.92. The third-order valence-corrected chi connectivity index (χ3v) is 5.41. The Labute approximate surface area is 170 Å². The van der Waals surface area contributed by atoms with Crippen LogP contribution in [-0.4, -0.2) is 41.2 Å². The van der Waals surface area contributed by atoms with E-state index in [9.17, 15) is 4.79 Å². The first-order valence-corrected chi connectivity index (χ1v) is 9.98. The molecule has 1 amide bonds. The van der Waals surface area contributed by atoms with Gasteiger partial charge in [-0.05, 0) is 49.2 Å². The molecule has 150 valence electrons. The number of methoxy groups -OCH3 is 1. The molecule has 6 nitrogen and oxygen atoms in total. The standard InChI is InChI=1S/C23H26N4O2/c1-29-20-10-8-17(9-11-20)21-6-2-3-7-22(21)25-23(28)18-5-4-14-27(15-18)16-19-12-13-24-26-19/h2-3,6-13,18H,4-5,14-16H2,1H3,(H,24,26)(H,25,28)/t18-/m0/s1. The Bertz CT molecular complexity index is 938. The number of benzene rings is 2. The van der Waals surface area contributed by atoms with E-state index in [0.29, 0.717) is 0 Å². The van der Waals surface area contributed by atoms with Gasteiger partial charge in [-0.25, -0.2) is 0 Å². The van der Waals surface area contributed by atoms with E-state index < -0.39 is 0 Å². The van der Waals surface area contributed by atoms with Crippen molar-refractivity contribution in [3.63, 3.8) is 0 Å². The topological polar surface area (TPSA) is 70.2 Å². The predicted octanol–water partition coefficient (Wildman–Crippen LogP) is 3.94. The Morgan fingerprint density at radius 3 is 2.79 bits per heavy atom. The normalized spacial score (nSPS) is 17.1. The molecule has 0 saturated carbocycles. The summed E-state index contributed by atoms with van der Waals surface area (Å²) in [6, 6.07) is 17.8. The quantitative estimate of drug-likeness (QED) is 0.669. The molecule has 0 unspecified atom stereocenters. The molecule has 0 spiro atoms. The van der Waals surface area contributed by atoms with Crippen LogP contribution >= 0.6 is 0 Å². The minimum absolute atomic E-state index is 0.0180. The summed E-state index contributed by atoms with van der Waals surface area (Å²) < 4.78 is 5.25. The van der Waals surface area contributed by atoms with E-state index in [-0.39, 0.29) is 11.8 Å². The van der Waals surface area contributed by atoms with Crippen LogP contribution in [0.25, 0.3) is 11.1 Å². The maximum absolute atomic E-state index is 13.0. The minimum atomic E-state index is -0.0180. The Balaban J connectivity index is 1.45. The number of piperidine rings is 1. The molecule has 2 N–H and O–H groups in total. The summed E-state index contributed by atoms with van der Waals surface area (Å²) in [7, 11) is 1.66. The van der Waals surface area contributed by atoms with Crippen LogP contribution in [0.15, 0.2) is 60.8 Å². The molecule has 0 aliphatic carbocycles. The monoisotopic (exact) mass is 390 g/mol. The third-order valence-electron chi connectivity index (χ3n) is 5.41. The Morgan fingerprint density at radius 2 is 2.03 bits per heavy atom. The van der Waals surface area contributed by atoms with Gasteiger partial charge in [0.05, 0.1) is 13.0 Å². The van der Waals surface area contributed by atoms with Crippen molar-refractivity contribution in [1.29, 1.82) is 0 Å². The van der Waals surface area contributed by atoms with Crippen LogP contribution < -0.4 is 10.1 Å². The predicted molar refractivity (Wildman–Crippen MR) is 114 cm³/mol. The molecular weight excluding hydrogens is 364 g/mol. The van der Waals surface area contributed by atoms with Crippen LogP contribution in [0.5, 0.6) is 5.75 Å².